The van der Waals surface area contributed by atoms with E-state index in [1.54, 1.807) is 0 Å². The fourth-order valence-electron chi connectivity index (χ4n) is 1.22. The molecule has 0 fully saturated rings. The number of carbonyl (C=O) groups is 1. The van der Waals surface area contributed by atoms with Crippen LogP contribution in [0.5, 0.6) is 0 Å². The van der Waals surface area contributed by atoms with Crippen molar-refractivity contribution in [2.45, 2.75) is 45.1 Å². The summed E-state index contributed by atoms with van der Waals surface area (Å²) in [5.74, 6) is -0.687. The monoisotopic (exact) mass is 173 g/mol. The number of rotatable bonds is 7. The highest BCUT2D eigenvalue weighted by molar-refractivity contribution is 5.66. The first-order valence-electron chi connectivity index (χ1n) is 4.59. The summed E-state index contributed by atoms with van der Waals surface area (Å²) in [6.07, 6.45) is 4.31. The SMILES string of the molecule is CCC(CCCCC(=O)O)NC. The summed E-state index contributed by atoms with van der Waals surface area (Å²) in [5, 5.41) is 11.6. The lowest BCUT2D eigenvalue weighted by molar-refractivity contribution is -0.137. The van der Waals surface area contributed by atoms with Crippen LogP contribution in [0.2, 0.25) is 0 Å². The average molecular weight is 173 g/mol. The van der Waals surface area contributed by atoms with Crippen LogP contribution in [0.15, 0.2) is 0 Å². The zero-order valence-electron chi connectivity index (χ0n) is 7.97. The first kappa shape index (κ1) is 11.4. The van der Waals surface area contributed by atoms with Crippen LogP contribution in [0.25, 0.3) is 0 Å². The Kier molecular flexibility index (Phi) is 6.76. The maximum Gasteiger partial charge on any atom is 0.303 e. The van der Waals surface area contributed by atoms with Crippen molar-refractivity contribution >= 4 is 5.97 Å². The van der Waals surface area contributed by atoms with E-state index in [4.69, 9.17) is 5.11 Å². The fraction of sp³-hybridized carbons (Fsp3) is 0.889. The lowest BCUT2D eigenvalue weighted by atomic mass is 10.1. The van der Waals surface area contributed by atoms with E-state index in [0.29, 0.717) is 12.5 Å². The number of hydrogen-bond acceptors (Lipinski definition) is 2. The number of unbranched alkanes of at least 4 members (excludes halogenated alkanes) is 1. The molecule has 0 aromatic rings. The molecule has 0 rings (SSSR count). The van der Waals surface area contributed by atoms with E-state index in [9.17, 15) is 4.79 Å². The third kappa shape index (κ3) is 6.16. The molecule has 3 nitrogen and oxygen atoms in total. The van der Waals surface area contributed by atoms with Crippen molar-refractivity contribution in [2.75, 3.05) is 7.05 Å². The van der Waals surface area contributed by atoms with Gasteiger partial charge in [-0.25, -0.2) is 0 Å². The summed E-state index contributed by atoms with van der Waals surface area (Å²) in [4.78, 5) is 10.2. The highest BCUT2D eigenvalue weighted by Gasteiger charge is 2.02. The van der Waals surface area contributed by atoms with Crippen molar-refractivity contribution in [3.8, 4) is 0 Å². The van der Waals surface area contributed by atoms with Gasteiger partial charge in [0, 0.05) is 12.5 Å². The van der Waals surface area contributed by atoms with Gasteiger partial charge in [0.05, 0.1) is 0 Å². The van der Waals surface area contributed by atoms with Gasteiger partial charge in [0.1, 0.15) is 0 Å². The molecule has 0 aliphatic carbocycles. The molecule has 3 heteroatoms. The molecule has 0 aromatic carbocycles. The Morgan fingerprint density at radius 2 is 2.17 bits per heavy atom. The lowest BCUT2D eigenvalue weighted by Crippen LogP contribution is -2.23. The minimum absolute atomic E-state index is 0.306. The molecule has 0 aliphatic rings. The summed E-state index contributed by atoms with van der Waals surface area (Å²) in [5.41, 5.74) is 0. The summed E-state index contributed by atoms with van der Waals surface area (Å²) >= 11 is 0. The van der Waals surface area contributed by atoms with Gasteiger partial charge in [0.15, 0.2) is 0 Å². The lowest BCUT2D eigenvalue weighted by Gasteiger charge is -2.12. The van der Waals surface area contributed by atoms with Crippen molar-refractivity contribution < 1.29 is 9.90 Å². The normalized spacial score (nSPS) is 12.8. The molecule has 0 radical (unpaired) electrons. The van der Waals surface area contributed by atoms with E-state index >= 15 is 0 Å². The van der Waals surface area contributed by atoms with Gasteiger partial charge in [0.2, 0.25) is 0 Å². The molecular weight excluding hydrogens is 154 g/mol. The predicted molar refractivity (Wildman–Crippen MR) is 49.2 cm³/mol. The molecule has 0 heterocycles. The Morgan fingerprint density at radius 3 is 2.58 bits per heavy atom. The maximum atomic E-state index is 10.2. The van der Waals surface area contributed by atoms with Gasteiger partial charge < -0.3 is 10.4 Å². The molecule has 12 heavy (non-hydrogen) atoms. The number of nitrogens with one attached hydrogen (secondary N) is 1. The predicted octanol–water partition coefficient (Wildman–Crippen LogP) is 1.63. The second-order valence-corrected chi connectivity index (χ2v) is 3.03. The zero-order chi connectivity index (χ0) is 9.40. The first-order valence-corrected chi connectivity index (χ1v) is 4.59. The number of carboxylic acids is 1. The van der Waals surface area contributed by atoms with Crippen LogP contribution in [-0.2, 0) is 4.79 Å². The third-order valence-corrected chi connectivity index (χ3v) is 2.09. The molecule has 0 aliphatic heterocycles. The maximum absolute atomic E-state index is 10.2. The van der Waals surface area contributed by atoms with E-state index in [1.807, 2.05) is 7.05 Å². The third-order valence-electron chi connectivity index (χ3n) is 2.09. The van der Waals surface area contributed by atoms with E-state index < -0.39 is 5.97 Å². The molecule has 72 valence electrons. The Balaban J connectivity index is 3.23. The van der Waals surface area contributed by atoms with Gasteiger partial charge in [0.25, 0.3) is 0 Å². The Bertz CT molecular complexity index is 122. The minimum atomic E-state index is -0.687. The molecule has 0 spiro atoms. The second-order valence-electron chi connectivity index (χ2n) is 3.03. The zero-order valence-corrected chi connectivity index (χ0v) is 7.97. The Labute approximate surface area is 74.2 Å². The van der Waals surface area contributed by atoms with Gasteiger partial charge in [-0.15, -0.1) is 0 Å². The van der Waals surface area contributed by atoms with E-state index in [0.717, 1.165) is 25.7 Å². The molecule has 0 amide bonds. The average Bonchev–Trinajstić information content (AvgIpc) is 2.04. The van der Waals surface area contributed by atoms with E-state index in [1.165, 1.54) is 0 Å². The van der Waals surface area contributed by atoms with Gasteiger partial charge in [-0.3, -0.25) is 4.79 Å². The van der Waals surface area contributed by atoms with Crippen LogP contribution in [0.4, 0.5) is 0 Å². The van der Waals surface area contributed by atoms with Crippen molar-refractivity contribution in [1.82, 2.24) is 5.32 Å². The standard InChI is InChI=1S/C9H19NO2/c1-3-8(10-2)6-4-5-7-9(11)12/h8,10H,3-7H2,1-2H3,(H,11,12). The van der Waals surface area contributed by atoms with Crippen LogP contribution < -0.4 is 5.32 Å². The molecular formula is C9H19NO2. The van der Waals surface area contributed by atoms with Crippen LogP contribution in [-0.4, -0.2) is 24.2 Å². The van der Waals surface area contributed by atoms with Crippen molar-refractivity contribution in [3.05, 3.63) is 0 Å². The molecule has 0 bridgehead atoms. The quantitative estimate of drug-likeness (QED) is 0.575. The second kappa shape index (κ2) is 7.10. The van der Waals surface area contributed by atoms with E-state index in [-0.39, 0.29) is 0 Å². The van der Waals surface area contributed by atoms with Crippen LogP contribution in [0, 0.1) is 0 Å². The van der Waals surface area contributed by atoms with Crippen molar-refractivity contribution in [3.63, 3.8) is 0 Å². The molecule has 1 atom stereocenters. The molecule has 1 unspecified atom stereocenters. The minimum Gasteiger partial charge on any atom is -0.481 e. The number of hydrogen-bond donors (Lipinski definition) is 2. The summed E-state index contributed by atoms with van der Waals surface area (Å²) in [6.45, 7) is 2.14. The Hall–Kier alpha value is -0.570. The van der Waals surface area contributed by atoms with Gasteiger partial charge in [-0.05, 0) is 26.3 Å². The molecule has 2 N–H and O–H groups in total. The van der Waals surface area contributed by atoms with Gasteiger partial charge in [-0.2, -0.15) is 0 Å². The summed E-state index contributed by atoms with van der Waals surface area (Å²) in [6, 6.07) is 0.554. The highest BCUT2D eigenvalue weighted by atomic mass is 16.4. The fourth-order valence-corrected chi connectivity index (χ4v) is 1.22. The van der Waals surface area contributed by atoms with Crippen molar-refractivity contribution in [2.24, 2.45) is 0 Å². The molecule has 0 saturated heterocycles. The highest BCUT2D eigenvalue weighted by Crippen LogP contribution is 2.05. The smallest absolute Gasteiger partial charge is 0.303 e. The van der Waals surface area contributed by atoms with Crippen LogP contribution >= 0.6 is 0 Å². The van der Waals surface area contributed by atoms with E-state index in [2.05, 4.69) is 12.2 Å². The van der Waals surface area contributed by atoms with Crippen LogP contribution in [0.3, 0.4) is 0 Å². The first-order chi connectivity index (χ1) is 5.70. The molecule has 0 saturated carbocycles. The summed E-state index contributed by atoms with van der Waals surface area (Å²) in [7, 11) is 1.95. The number of aliphatic carboxylic acids is 1. The van der Waals surface area contributed by atoms with Gasteiger partial charge in [-0.1, -0.05) is 13.3 Å². The Morgan fingerprint density at radius 1 is 1.50 bits per heavy atom. The number of carboxylic acid groups (broad SMARTS) is 1. The summed E-state index contributed by atoms with van der Waals surface area (Å²) < 4.78 is 0. The van der Waals surface area contributed by atoms with Gasteiger partial charge >= 0.3 is 5.97 Å². The topological polar surface area (TPSA) is 49.3 Å². The van der Waals surface area contributed by atoms with Crippen LogP contribution in [0.1, 0.15) is 39.0 Å². The van der Waals surface area contributed by atoms with Crippen molar-refractivity contribution in [1.29, 1.82) is 0 Å². The largest absolute Gasteiger partial charge is 0.481 e. The molecule has 0 aromatic heterocycles.